The molecule has 1 aromatic carbocycles. The molecule has 0 spiro atoms. The molecule has 6 nitrogen and oxygen atoms in total. The Morgan fingerprint density at radius 3 is 2.62 bits per heavy atom. The molecule has 0 radical (unpaired) electrons. The van der Waals surface area contributed by atoms with E-state index in [9.17, 15) is 9.59 Å². The Labute approximate surface area is 172 Å². The summed E-state index contributed by atoms with van der Waals surface area (Å²) in [6, 6.07) is 15.5. The van der Waals surface area contributed by atoms with Crippen LogP contribution in [0.3, 0.4) is 0 Å². The van der Waals surface area contributed by atoms with Crippen LogP contribution in [0.15, 0.2) is 66.3 Å². The van der Waals surface area contributed by atoms with Gasteiger partial charge in [0, 0.05) is 37.1 Å². The SMILES string of the molecule is CC(=O)c1c[nH]c(C(=O)N(C)Cc2cn(-c3ccccc3)nc2-c2cccs2)c1. The van der Waals surface area contributed by atoms with Crippen LogP contribution < -0.4 is 0 Å². The molecule has 3 heterocycles. The van der Waals surface area contributed by atoms with Gasteiger partial charge in [-0.25, -0.2) is 4.68 Å². The quantitative estimate of drug-likeness (QED) is 0.484. The zero-order valence-corrected chi connectivity index (χ0v) is 16.9. The summed E-state index contributed by atoms with van der Waals surface area (Å²) in [6.45, 7) is 1.87. The van der Waals surface area contributed by atoms with Crippen molar-refractivity contribution in [1.29, 1.82) is 0 Å². The molecule has 0 aliphatic heterocycles. The summed E-state index contributed by atoms with van der Waals surface area (Å²) in [6.07, 6.45) is 3.53. The second kappa shape index (κ2) is 7.89. The number of thiophene rings is 1. The number of Topliss-reactive ketones (excluding diaryl/α,β-unsaturated/α-hetero) is 1. The lowest BCUT2D eigenvalue weighted by Crippen LogP contribution is -2.26. The van der Waals surface area contributed by atoms with E-state index in [2.05, 4.69) is 4.98 Å². The Morgan fingerprint density at radius 2 is 1.97 bits per heavy atom. The van der Waals surface area contributed by atoms with Gasteiger partial charge in [0.15, 0.2) is 5.78 Å². The van der Waals surface area contributed by atoms with Crippen molar-refractivity contribution in [2.24, 2.45) is 0 Å². The highest BCUT2D eigenvalue weighted by Crippen LogP contribution is 2.28. The first-order chi connectivity index (χ1) is 14.0. The number of benzene rings is 1. The number of aromatic nitrogens is 3. The molecule has 3 aromatic heterocycles. The number of H-pyrrole nitrogens is 1. The van der Waals surface area contributed by atoms with E-state index in [0.29, 0.717) is 17.8 Å². The van der Waals surface area contributed by atoms with E-state index < -0.39 is 0 Å². The smallest absolute Gasteiger partial charge is 0.270 e. The van der Waals surface area contributed by atoms with Crippen LogP contribution >= 0.6 is 11.3 Å². The summed E-state index contributed by atoms with van der Waals surface area (Å²) in [4.78, 5) is 29.9. The van der Waals surface area contributed by atoms with Crippen molar-refractivity contribution in [3.63, 3.8) is 0 Å². The molecular formula is C22H20N4O2S. The maximum Gasteiger partial charge on any atom is 0.270 e. The fourth-order valence-electron chi connectivity index (χ4n) is 3.11. The van der Waals surface area contributed by atoms with Crippen molar-refractivity contribution in [3.8, 4) is 16.3 Å². The van der Waals surface area contributed by atoms with E-state index in [1.165, 1.54) is 6.92 Å². The highest BCUT2D eigenvalue weighted by Gasteiger charge is 2.19. The van der Waals surface area contributed by atoms with Crippen LogP contribution in [0.5, 0.6) is 0 Å². The Balaban J connectivity index is 1.63. The molecule has 0 saturated heterocycles. The summed E-state index contributed by atoms with van der Waals surface area (Å²) in [5, 5.41) is 6.78. The highest BCUT2D eigenvalue weighted by atomic mass is 32.1. The van der Waals surface area contributed by atoms with Gasteiger partial charge in [0.2, 0.25) is 0 Å². The lowest BCUT2D eigenvalue weighted by atomic mass is 10.2. The Hall–Kier alpha value is -3.45. The van der Waals surface area contributed by atoms with Crippen molar-refractivity contribution < 1.29 is 9.59 Å². The number of para-hydroxylation sites is 1. The lowest BCUT2D eigenvalue weighted by molar-refractivity contribution is 0.0780. The van der Waals surface area contributed by atoms with E-state index in [1.54, 1.807) is 35.5 Å². The van der Waals surface area contributed by atoms with E-state index in [0.717, 1.165) is 21.8 Å². The first kappa shape index (κ1) is 18.9. The second-order valence-electron chi connectivity index (χ2n) is 6.78. The number of aromatic amines is 1. The van der Waals surface area contributed by atoms with Crippen LogP contribution in [0.25, 0.3) is 16.3 Å². The van der Waals surface area contributed by atoms with Crippen molar-refractivity contribution >= 4 is 23.0 Å². The van der Waals surface area contributed by atoms with Crippen molar-refractivity contribution in [3.05, 3.63) is 83.1 Å². The molecule has 4 aromatic rings. The molecule has 4 rings (SSSR count). The largest absolute Gasteiger partial charge is 0.356 e. The van der Waals surface area contributed by atoms with Crippen molar-refractivity contribution in [2.45, 2.75) is 13.5 Å². The predicted octanol–water partition coefficient (Wildman–Crippen LogP) is 4.40. The molecule has 29 heavy (non-hydrogen) atoms. The molecule has 146 valence electrons. The molecule has 0 unspecified atom stereocenters. The first-order valence-corrected chi connectivity index (χ1v) is 10.0. The molecule has 0 atom stereocenters. The van der Waals surface area contributed by atoms with E-state index >= 15 is 0 Å². The number of rotatable bonds is 6. The highest BCUT2D eigenvalue weighted by molar-refractivity contribution is 7.13. The standard InChI is InChI=1S/C22H20N4O2S/c1-15(27)16-11-19(23-12-16)22(28)25(2)13-17-14-26(18-7-4-3-5-8-18)24-21(17)20-9-6-10-29-20/h3-12,14,23H,13H2,1-2H3. The zero-order chi connectivity index (χ0) is 20.4. The van der Waals surface area contributed by atoms with Crippen LogP contribution in [0.4, 0.5) is 0 Å². The summed E-state index contributed by atoms with van der Waals surface area (Å²) in [5.74, 6) is -0.255. The van der Waals surface area contributed by atoms with E-state index in [1.807, 2.05) is 58.7 Å². The van der Waals surface area contributed by atoms with Crippen molar-refractivity contribution in [2.75, 3.05) is 7.05 Å². The minimum absolute atomic E-state index is 0.0768. The van der Waals surface area contributed by atoms with Gasteiger partial charge < -0.3 is 9.88 Å². The number of hydrogen-bond donors (Lipinski definition) is 1. The molecule has 0 fully saturated rings. The molecule has 7 heteroatoms. The van der Waals surface area contributed by atoms with Crippen LogP contribution in [-0.4, -0.2) is 38.4 Å². The van der Waals surface area contributed by atoms with Gasteiger partial charge in [-0.15, -0.1) is 11.3 Å². The number of amides is 1. The zero-order valence-electron chi connectivity index (χ0n) is 16.1. The van der Waals surface area contributed by atoms with E-state index in [-0.39, 0.29) is 11.7 Å². The van der Waals surface area contributed by atoms with E-state index in [4.69, 9.17) is 5.10 Å². The Kier molecular flexibility index (Phi) is 5.14. The van der Waals surface area contributed by atoms with Gasteiger partial charge >= 0.3 is 0 Å². The third kappa shape index (κ3) is 3.90. The third-order valence-corrected chi connectivity index (χ3v) is 5.52. The topological polar surface area (TPSA) is 71.0 Å². The van der Waals surface area contributed by atoms with Crippen LogP contribution in [0, 0.1) is 0 Å². The van der Waals surface area contributed by atoms with Gasteiger partial charge in [-0.05, 0) is 36.6 Å². The Bertz CT molecular complexity index is 1140. The first-order valence-electron chi connectivity index (χ1n) is 9.15. The van der Waals surface area contributed by atoms with Gasteiger partial charge in [0.25, 0.3) is 5.91 Å². The number of carbonyl (C=O) groups excluding carboxylic acids is 2. The average Bonchev–Trinajstić information content (AvgIpc) is 3.48. The molecule has 0 aliphatic rings. The van der Waals surface area contributed by atoms with Gasteiger partial charge in [-0.3, -0.25) is 9.59 Å². The Morgan fingerprint density at radius 1 is 1.17 bits per heavy atom. The normalized spacial score (nSPS) is 10.8. The molecule has 1 amide bonds. The second-order valence-corrected chi connectivity index (χ2v) is 7.73. The minimum atomic E-state index is -0.179. The van der Waals surface area contributed by atoms with Crippen molar-refractivity contribution in [1.82, 2.24) is 19.7 Å². The molecule has 1 N–H and O–H groups in total. The predicted molar refractivity (Wildman–Crippen MR) is 113 cm³/mol. The number of nitrogens with zero attached hydrogens (tertiary/aromatic N) is 3. The van der Waals surface area contributed by atoms with Gasteiger partial charge in [-0.2, -0.15) is 5.10 Å². The third-order valence-electron chi connectivity index (χ3n) is 4.64. The average molecular weight is 404 g/mol. The fraction of sp³-hybridized carbons (Fsp3) is 0.136. The number of carbonyl (C=O) groups is 2. The van der Waals surface area contributed by atoms with Gasteiger partial charge in [-0.1, -0.05) is 24.3 Å². The number of nitrogens with one attached hydrogen (secondary N) is 1. The van der Waals surface area contributed by atoms with Gasteiger partial charge in [0.1, 0.15) is 11.4 Å². The fourth-order valence-corrected chi connectivity index (χ4v) is 3.86. The number of hydrogen-bond acceptors (Lipinski definition) is 4. The molecule has 0 aliphatic carbocycles. The summed E-state index contributed by atoms with van der Waals surface area (Å²) < 4.78 is 1.84. The molecule has 0 bridgehead atoms. The number of ketones is 1. The summed E-state index contributed by atoms with van der Waals surface area (Å²) in [7, 11) is 1.74. The maximum absolute atomic E-state index is 12.8. The summed E-state index contributed by atoms with van der Waals surface area (Å²) >= 11 is 1.61. The minimum Gasteiger partial charge on any atom is -0.356 e. The van der Waals surface area contributed by atoms with Gasteiger partial charge in [0.05, 0.1) is 10.6 Å². The lowest BCUT2D eigenvalue weighted by Gasteiger charge is -2.16. The van der Waals surface area contributed by atoms with Crippen LogP contribution in [-0.2, 0) is 6.54 Å². The maximum atomic E-state index is 12.8. The molecule has 0 saturated carbocycles. The summed E-state index contributed by atoms with van der Waals surface area (Å²) in [5.41, 5.74) is 3.66. The molecular weight excluding hydrogens is 384 g/mol. The van der Waals surface area contributed by atoms with Crippen LogP contribution in [0.1, 0.15) is 33.3 Å². The van der Waals surface area contributed by atoms with Crippen LogP contribution in [0.2, 0.25) is 0 Å². The monoisotopic (exact) mass is 404 g/mol.